The van der Waals surface area contributed by atoms with Crippen molar-refractivity contribution in [2.24, 2.45) is 11.3 Å². The second-order valence-electron chi connectivity index (χ2n) is 16.8. The van der Waals surface area contributed by atoms with E-state index in [0.29, 0.717) is 18.7 Å². The van der Waals surface area contributed by atoms with Crippen LogP contribution in [-0.4, -0.2) is 40.7 Å². The van der Waals surface area contributed by atoms with Gasteiger partial charge in [0, 0.05) is 24.8 Å². The Balaban J connectivity index is 1.30. The number of carbonyl (C=O) groups is 1. The zero-order valence-electron chi connectivity index (χ0n) is 32.4. The monoisotopic (exact) mass is 748 g/mol. The summed E-state index contributed by atoms with van der Waals surface area (Å²) in [7, 11) is -5.80. The summed E-state index contributed by atoms with van der Waals surface area (Å²) in [6.07, 6.45) is 2.44. The van der Waals surface area contributed by atoms with Gasteiger partial charge in [0.25, 0.3) is 16.6 Å². The van der Waals surface area contributed by atoms with Crippen LogP contribution in [0, 0.1) is 11.3 Å². The molecule has 1 aliphatic carbocycles. The van der Waals surface area contributed by atoms with E-state index in [9.17, 15) is 0 Å². The molecule has 1 heterocycles. The van der Waals surface area contributed by atoms with Crippen LogP contribution in [0.15, 0.2) is 158 Å². The standard InChI is InChI=1S/C47H52N2O3Si2/c1-45(2,3)53(38-23-11-7-12-24-38,39-25-13-8-14-26-39)51-34-37-33-47(37,44(50)49-42-31-19-21-36-22-20-32-48-43(36)42)35-52-54(46(4,5)6,40-27-15-9-16-28-40)41-29-17-10-18-30-41/h7-32,37H,33-35H2,1-6H3,(H,49,50)/t37-,47-/m0/s1. The fourth-order valence-corrected chi connectivity index (χ4v) is 17.8. The van der Waals surface area contributed by atoms with E-state index in [4.69, 9.17) is 8.85 Å². The van der Waals surface area contributed by atoms with Gasteiger partial charge in [-0.05, 0) is 55.3 Å². The first kappa shape index (κ1) is 37.6. The zero-order valence-corrected chi connectivity index (χ0v) is 34.4. The van der Waals surface area contributed by atoms with Crippen LogP contribution in [0.5, 0.6) is 0 Å². The molecule has 6 aromatic rings. The molecule has 0 saturated heterocycles. The lowest BCUT2D eigenvalue weighted by Gasteiger charge is -2.44. The van der Waals surface area contributed by atoms with Gasteiger partial charge in [-0.15, -0.1) is 0 Å². The molecule has 0 bridgehead atoms. The average molecular weight is 749 g/mol. The van der Waals surface area contributed by atoms with Gasteiger partial charge in [0.1, 0.15) is 0 Å². The molecule has 0 aliphatic heterocycles. The number of para-hydroxylation sites is 1. The topological polar surface area (TPSA) is 60.5 Å². The van der Waals surface area contributed by atoms with E-state index in [-0.39, 0.29) is 28.5 Å². The van der Waals surface area contributed by atoms with Gasteiger partial charge in [-0.3, -0.25) is 9.78 Å². The highest BCUT2D eigenvalue weighted by molar-refractivity contribution is 7.00. The minimum absolute atomic E-state index is 0.0466. The maximum Gasteiger partial charge on any atom is 0.261 e. The number of nitrogens with zero attached hydrogens (tertiary/aromatic N) is 1. The maximum absolute atomic E-state index is 15.0. The van der Waals surface area contributed by atoms with Crippen molar-refractivity contribution < 1.29 is 13.6 Å². The molecule has 0 spiro atoms. The summed E-state index contributed by atoms with van der Waals surface area (Å²) in [5, 5.41) is 8.76. The third-order valence-corrected chi connectivity index (χ3v) is 21.4. The molecule has 54 heavy (non-hydrogen) atoms. The van der Waals surface area contributed by atoms with Crippen LogP contribution in [0.25, 0.3) is 10.9 Å². The van der Waals surface area contributed by atoms with Crippen molar-refractivity contribution in [2.45, 2.75) is 58.0 Å². The van der Waals surface area contributed by atoms with Crippen LogP contribution in [0.2, 0.25) is 10.1 Å². The van der Waals surface area contributed by atoms with Crippen molar-refractivity contribution in [3.63, 3.8) is 0 Å². The molecule has 276 valence electrons. The van der Waals surface area contributed by atoms with Gasteiger partial charge in [0.2, 0.25) is 5.91 Å². The molecule has 7 heteroatoms. The Hall–Kier alpha value is -4.67. The number of aromatic nitrogens is 1. The lowest BCUT2D eigenvalue weighted by Crippen LogP contribution is -2.67. The summed E-state index contributed by atoms with van der Waals surface area (Å²) < 4.78 is 15.0. The third-order valence-electron chi connectivity index (χ3n) is 11.4. The molecule has 1 saturated carbocycles. The highest BCUT2D eigenvalue weighted by Crippen LogP contribution is 2.55. The van der Waals surface area contributed by atoms with Gasteiger partial charge in [0.15, 0.2) is 0 Å². The fraction of sp³-hybridized carbons (Fsp3) is 0.277. The summed E-state index contributed by atoms with van der Waals surface area (Å²) in [6.45, 7) is 14.5. The van der Waals surface area contributed by atoms with Gasteiger partial charge in [-0.1, -0.05) is 181 Å². The van der Waals surface area contributed by atoms with Crippen molar-refractivity contribution in [1.82, 2.24) is 4.98 Å². The number of benzene rings is 5. The van der Waals surface area contributed by atoms with E-state index in [1.54, 1.807) is 6.20 Å². The highest BCUT2D eigenvalue weighted by atomic mass is 28.4. The predicted octanol–water partition coefficient (Wildman–Crippen LogP) is 8.33. The number of nitrogens with one attached hydrogen (secondary N) is 1. The van der Waals surface area contributed by atoms with Crippen molar-refractivity contribution in [3.05, 3.63) is 158 Å². The Labute approximate surface area is 323 Å². The van der Waals surface area contributed by atoms with Crippen LogP contribution in [-0.2, 0) is 13.6 Å². The second-order valence-corrected chi connectivity index (χ2v) is 25.4. The molecular weight excluding hydrogens is 697 g/mol. The van der Waals surface area contributed by atoms with Gasteiger partial charge >= 0.3 is 0 Å². The number of carbonyl (C=O) groups excluding carboxylic acids is 1. The highest BCUT2D eigenvalue weighted by Gasteiger charge is 2.63. The van der Waals surface area contributed by atoms with E-state index in [2.05, 4.69) is 173 Å². The molecule has 5 nitrogen and oxygen atoms in total. The number of fused-ring (bicyclic) bond motifs is 1. The quantitative estimate of drug-likeness (QED) is 0.128. The molecule has 0 radical (unpaired) electrons. The van der Waals surface area contributed by atoms with Crippen molar-refractivity contribution in [3.8, 4) is 0 Å². The minimum Gasteiger partial charge on any atom is -0.407 e. The van der Waals surface area contributed by atoms with Gasteiger partial charge < -0.3 is 14.2 Å². The Morgan fingerprint density at radius 1 is 0.630 bits per heavy atom. The van der Waals surface area contributed by atoms with Crippen LogP contribution in [0.3, 0.4) is 0 Å². The Morgan fingerprint density at radius 3 is 1.54 bits per heavy atom. The average Bonchev–Trinajstić information content (AvgIpc) is 3.90. The van der Waals surface area contributed by atoms with Crippen molar-refractivity contribution in [1.29, 1.82) is 0 Å². The molecule has 1 aromatic heterocycles. The van der Waals surface area contributed by atoms with Gasteiger partial charge in [-0.2, -0.15) is 0 Å². The third kappa shape index (κ3) is 6.79. The van der Waals surface area contributed by atoms with Crippen LogP contribution >= 0.6 is 0 Å². The summed E-state index contributed by atoms with van der Waals surface area (Å²) in [5.41, 5.74) is 0.675. The Kier molecular flexibility index (Phi) is 10.4. The van der Waals surface area contributed by atoms with E-state index in [1.165, 1.54) is 20.7 Å². The number of hydrogen-bond donors (Lipinski definition) is 1. The summed E-state index contributed by atoms with van der Waals surface area (Å²) in [4.78, 5) is 19.7. The predicted molar refractivity (Wildman–Crippen MR) is 228 cm³/mol. The lowest BCUT2D eigenvalue weighted by molar-refractivity contribution is -0.123. The second kappa shape index (κ2) is 14.9. The minimum atomic E-state index is -2.95. The first-order chi connectivity index (χ1) is 25.9. The number of amides is 1. The summed E-state index contributed by atoms with van der Waals surface area (Å²) in [6, 6.07) is 52.7. The number of hydrogen-bond acceptors (Lipinski definition) is 4. The van der Waals surface area contributed by atoms with Gasteiger partial charge in [-0.25, -0.2) is 0 Å². The van der Waals surface area contributed by atoms with E-state index in [1.807, 2.05) is 30.3 Å². The molecule has 1 fully saturated rings. The smallest absolute Gasteiger partial charge is 0.261 e. The zero-order chi connectivity index (χ0) is 38.0. The molecule has 5 aromatic carbocycles. The number of pyridine rings is 1. The Morgan fingerprint density at radius 2 is 1.07 bits per heavy atom. The first-order valence-corrected chi connectivity index (χ1v) is 22.9. The normalized spacial score (nSPS) is 17.6. The van der Waals surface area contributed by atoms with Crippen LogP contribution in [0.4, 0.5) is 5.69 Å². The van der Waals surface area contributed by atoms with Crippen molar-refractivity contribution in [2.75, 3.05) is 18.5 Å². The molecule has 1 N–H and O–H groups in total. The molecular formula is C47H52N2O3Si2. The molecule has 0 unspecified atom stereocenters. The largest absolute Gasteiger partial charge is 0.407 e. The molecule has 2 atom stereocenters. The maximum atomic E-state index is 15.0. The molecule has 7 rings (SSSR count). The summed E-state index contributed by atoms with van der Waals surface area (Å²) in [5.74, 6) is -0.102. The number of anilines is 1. The van der Waals surface area contributed by atoms with E-state index < -0.39 is 22.0 Å². The molecule has 1 aliphatic rings. The molecule has 1 amide bonds. The Bertz CT molecular complexity index is 2100. The van der Waals surface area contributed by atoms with Gasteiger partial charge in [0.05, 0.1) is 16.6 Å². The SMILES string of the molecule is CC(C)(C)[Si](OC[C@@H]1C[C@@]1(CO[Si](c1ccccc1)(c1ccccc1)C(C)(C)C)C(=O)Nc1cccc2cccnc12)(c1ccccc1)c1ccccc1. The van der Waals surface area contributed by atoms with Crippen LogP contribution < -0.4 is 26.1 Å². The van der Waals surface area contributed by atoms with E-state index in [0.717, 1.165) is 10.9 Å². The van der Waals surface area contributed by atoms with Crippen LogP contribution in [0.1, 0.15) is 48.0 Å². The first-order valence-electron chi connectivity index (χ1n) is 19.1. The fourth-order valence-electron chi connectivity index (χ4n) is 8.56. The van der Waals surface area contributed by atoms with Crippen molar-refractivity contribution >= 4 is 59.9 Å². The number of rotatable bonds is 12. The lowest BCUT2D eigenvalue weighted by atomic mass is 10.0. The summed E-state index contributed by atoms with van der Waals surface area (Å²) >= 11 is 0. The van der Waals surface area contributed by atoms with E-state index >= 15 is 4.79 Å².